The number of pyridine rings is 1. The van der Waals surface area contributed by atoms with E-state index in [9.17, 15) is 0 Å². The second-order valence-electron chi connectivity index (χ2n) is 11.6. The number of benzene rings is 4. The van der Waals surface area contributed by atoms with E-state index >= 15 is 0 Å². The van der Waals surface area contributed by atoms with Gasteiger partial charge in [-0.2, -0.15) is 0 Å². The summed E-state index contributed by atoms with van der Waals surface area (Å²) in [6, 6.07) is 35.2. The van der Waals surface area contributed by atoms with Gasteiger partial charge >= 0.3 is 6.01 Å². The third kappa shape index (κ3) is 4.32. The number of nitrogens with zero attached hydrogens (tertiary/aromatic N) is 4. The largest absolute Gasteiger partial charge is 0.496 e. The number of rotatable bonds is 4. The van der Waals surface area contributed by atoms with Crippen LogP contribution < -0.4 is 9.31 Å². The number of hydrogen-bond donors (Lipinski definition) is 0. The van der Waals surface area contributed by atoms with E-state index in [1.54, 1.807) is 10.6 Å². The summed E-state index contributed by atoms with van der Waals surface area (Å²) < 4.78 is 36.0. The van der Waals surface area contributed by atoms with Crippen molar-refractivity contribution < 1.29 is 13.4 Å². The van der Waals surface area contributed by atoms with Gasteiger partial charge in [0.05, 0.1) is 17.1 Å². The first-order valence-corrected chi connectivity index (χ1v) is 13.7. The molecule has 0 spiro atoms. The van der Waals surface area contributed by atoms with Gasteiger partial charge in [-0.3, -0.25) is 4.57 Å². The maximum Gasteiger partial charge on any atom is 0.496 e. The molecule has 0 bridgehead atoms. The van der Waals surface area contributed by atoms with Gasteiger partial charge in [-0.25, -0.2) is 4.98 Å². The molecule has 0 saturated heterocycles. The van der Waals surface area contributed by atoms with E-state index < -0.39 is 6.98 Å². The van der Waals surface area contributed by atoms with Gasteiger partial charge in [0.25, 0.3) is 11.4 Å². The molecule has 0 aliphatic carbocycles. The molecule has 0 atom stereocenters. The molecule has 5 nitrogen and oxygen atoms in total. The first-order chi connectivity index (χ1) is 21.0. The molecule has 2 aromatic heterocycles. The summed E-state index contributed by atoms with van der Waals surface area (Å²) in [4.78, 5) is 4.70. The number of fused-ring (bicyclic) bond motifs is 4. The van der Waals surface area contributed by atoms with Crippen molar-refractivity contribution in [3.63, 3.8) is 0 Å². The van der Waals surface area contributed by atoms with Gasteiger partial charge < -0.3 is 4.74 Å². The van der Waals surface area contributed by atoms with E-state index in [4.69, 9.17) is 13.8 Å². The highest BCUT2D eigenvalue weighted by Gasteiger charge is 2.33. The molecular weight excluding hydrogens is 504 g/mol. The minimum atomic E-state index is -2.37. The monoisotopic (exact) mass is 539 g/mol. The summed E-state index contributed by atoms with van der Waals surface area (Å²) in [6.07, 6.45) is 1.84. The van der Waals surface area contributed by atoms with Crippen molar-refractivity contribution in [2.45, 2.75) is 33.1 Å². The molecule has 0 N–H and O–H groups in total. The molecule has 0 amide bonds. The summed E-state index contributed by atoms with van der Waals surface area (Å²) in [6.45, 7) is 6.14. The van der Waals surface area contributed by atoms with Crippen LogP contribution in [-0.2, 0) is 5.41 Å². The maximum absolute atomic E-state index is 8.08. The van der Waals surface area contributed by atoms with Crippen LogP contribution in [0.25, 0.3) is 27.6 Å². The van der Waals surface area contributed by atoms with Crippen molar-refractivity contribution in [2.24, 2.45) is 0 Å². The Hall–Kier alpha value is -4.99. The normalized spacial score (nSPS) is 14.3. The molecule has 0 fully saturated rings. The summed E-state index contributed by atoms with van der Waals surface area (Å²) in [5.41, 5.74) is 6.17. The zero-order valence-corrected chi connectivity index (χ0v) is 23.5. The van der Waals surface area contributed by atoms with Gasteiger partial charge in [-0.1, -0.05) is 55.7 Å². The third-order valence-corrected chi connectivity index (χ3v) is 7.59. The second-order valence-corrected chi connectivity index (χ2v) is 11.6. The van der Waals surface area contributed by atoms with Crippen molar-refractivity contribution in [2.75, 3.05) is 6.98 Å². The van der Waals surface area contributed by atoms with Gasteiger partial charge in [0.1, 0.15) is 21.4 Å². The Balaban J connectivity index is 1.38. The first-order valence-electron chi connectivity index (χ1n) is 15.2. The lowest BCUT2D eigenvalue weighted by atomic mass is 9.86. The summed E-state index contributed by atoms with van der Waals surface area (Å²) in [5.74, 6) is 2.18. The zero-order valence-electron chi connectivity index (χ0n) is 26.5. The Bertz CT molecular complexity index is 2180. The minimum Gasteiger partial charge on any atom is -0.457 e. The lowest BCUT2D eigenvalue weighted by molar-refractivity contribution is -0.394. The van der Waals surface area contributed by atoms with E-state index in [0.717, 1.165) is 50.1 Å². The molecular formula is C36H32N4O+2. The molecule has 7 rings (SSSR count). The average molecular weight is 540 g/mol. The average Bonchev–Trinajstić information content (AvgIpc) is 3.53. The van der Waals surface area contributed by atoms with Crippen molar-refractivity contribution in [3.8, 4) is 17.3 Å². The van der Waals surface area contributed by atoms with E-state index in [2.05, 4.69) is 86.8 Å². The molecule has 0 saturated carbocycles. The molecule has 1 aliphatic heterocycles. The van der Waals surface area contributed by atoms with Crippen molar-refractivity contribution in [1.29, 1.82) is 0 Å². The maximum atomic E-state index is 8.08. The minimum absolute atomic E-state index is 0.190. The molecule has 1 aliphatic rings. The Kier molecular flexibility index (Phi) is 4.94. The highest BCUT2D eigenvalue weighted by molar-refractivity contribution is 6.09. The second kappa shape index (κ2) is 9.29. The predicted molar refractivity (Wildman–Crippen MR) is 167 cm³/mol. The van der Waals surface area contributed by atoms with Crippen LogP contribution in [0.4, 0.5) is 17.1 Å². The smallest absolute Gasteiger partial charge is 0.457 e. The van der Waals surface area contributed by atoms with Crippen LogP contribution in [0.1, 0.15) is 36.0 Å². The molecule has 6 aromatic rings. The fourth-order valence-electron chi connectivity index (χ4n) is 5.49. The predicted octanol–water partition coefficient (Wildman–Crippen LogP) is 8.87. The zero-order chi connectivity index (χ0) is 30.8. The summed E-state index contributed by atoms with van der Waals surface area (Å²) in [7, 11) is 0. The van der Waals surface area contributed by atoms with Crippen LogP contribution in [-0.4, -0.2) is 27.1 Å². The standard InChI is InChI=1S/C36H32N4O/c1-24-16-17-37-35(18-24)40-31-11-7-6-10-29(31)30-15-14-27(22-34(30)40)41-28-20-25(36(2,3)4)19-26(21-28)39-23-38(5)32-12-8-9-13-33(32)39/h6-22H,1-5H3/q+2/i5D3. The summed E-state index contributed by atoms with van der Waals surface area (Å²) in [5, 5.41) is 2.26. The number of ether oxygens (including phenoxy) is 1. The van der Waals surface area contributed by atoms with Crippen LogP contribution >= 0.6 is 0 Å². The number of para-hydroxylation sites is 3. The van der Waals surface area contributed by atoms with Gasteiger partial charge in [0, 0.05) is 41.2 Å². The molecule has 41 heavy (non-hydrogen) atoms. The van der Waals surface area contributed by atoms with Gasteiger partial charge in [0.2, 0.25) is 5.69 Å². The summed E-state index contributed by atoms with van der Waals surface area (Å²) >= 11 is 0. The Morgan fingerprint density at radius 3 is 2.39 bits per heavy atom. The molecule has 3 heterocycles. The Labute approximate surface area is 244 Å². The molecule has 0 radical (unpaired) electrons. The number of aryl methyl sites for hydroxylation is 1. The fourth-order valence-corrected chi connectivity index (χ4v) is 5.49. The van der Waals surface area contributed by atoms with Crippen LogP contribution in [0.15, 0.2) is 103 Å². The molecule has 4 aromatic carbocycles. The van der Waals surface area contributed by atoms with Gasteiger partial charge in [-0.05, 0) is 64.4 Å². The van der Waals surface area contributed by atoms with E-state index in [0.29, 0.717) is 17.2 Å². The van der Waals surface area contributed by atoms with E-state index in [1.807, 2.05) is 48.7 Å². The Morgan fingerprint density at radius 2 is 1.59 bits per heavy atom. The Morgan fingerprint density at radius 1 is 0.805 bits per heavy atom. The van der Waals surface area contributed by atoms with Gasteiger partial charge in [-0.15, -0.1) is 0 Å². The molecule has 5 heteroatoms. The number of aromatic nitrogens is 2. The van der Waals surface area contributed by atoms with Crippen molar-refractivity contribution in [1.82, 2.24) is 14.1 Å². The lowest BCUT2D eigenvalue weighted by Crippen LogP contribution is -2.12. The van der Waals surface area contributed by atoms with Crippen molar-refractivity contribution in [3.05, 3.63) is 114 Å². The first kappa shape index (κ1) is 21.8. The molecule has 200 valence electrons. The van der Waals surface area contributed by atoms with Gasteiger partial charge in [0.15, 0.2) is 6.98 Å². The highest BCUT2D eigenvalue weighted by Crippen LogP contribution is 2.39. The third-order valence-electron chi connectivity index (χ3n) is 7.59. The number of hydrogen-bond acceptors (Lipinski definition) is 2. The van der Waals surface area contributed by atoms with E-state index in [-0.39, 0.29) is 5.41 Å². The topological polar surface area (TPSA) is 33.1 Å². The molecule has 0 unspecified atom stereocenters. The van der Waals surface area contributed by atoms with Crippen LogP contribution in [0.3, 0.4) is 0 Å². The fraction of sp³-hybridized carbons (Fsp3) is 0.167. The SMILES string of the molecule is [2H]C([2H])([2H])[N+]1=C=[N+](c2cc(Oc3ccc4c5ccccc5n(-c5cc(C)ccn5)c4c3)cc(C(C)(C)C)c2)c2ccccc21. The van der Waals surface area contributed by atoms with Crippen LogP contribution in [0.5, 0.6) is 11.5 Å². The lowest BCUT2D eigenvalue weighted by Gasteiger charge is -2.20. The van der Waals surface area contributed by atoms with Crippen LogP contribution in [0.2, 0.25) is 0 Å². The van der Waals surface area contributed by atoms with E-state index in [1.165, 1.54) is 4.58 Å². The quantitative estimate of drug-likeness (QED) is 0.210. The van der Waals surface area contributed by atoms with Crippen molar-refractivity contribution >= 4 is 44.9 Å². The van der Waals surface area contributed by atoms with Crippen LogP contribution in [0, 0.1) is 6.92 Å². The highest BCUT2D eigenvalue weighted by atomic mass is 16.5.